The molecule has 34 heavy (non-hydrogen) atoms. The normalized spacial score (nSPS) is 14.0. The van der Waals surface area contributed by atoms with E-state index in [1.807, 2.05) is 55.5 Å². The standard InChI is InChI=1S/C28H29FN2O3/c1-3-31(23-7-6-8-24(19-23)34-2)28(33)25-9-4-5-10-26(25)30-17-15-21(16-18-30)27(32)20-11-13-22(29)14-12-20/h4-14,19,21H,3,15-18H2,1-2H3. The average molecular weight is 461 g/mol. The van der Waals surface area contributed by atoms with Gasteiger partial charge in [0.2, 0.25) is 0 Å². The van der Waals surface area contributed by atoms with Crippen LogP contribution in [0.15, 0.2) is 72.8 Å². The predicted octanol–water partition coefficient (Wildman–Crippen LogP) is 5.60. The number of rotatable bonds is 7. The van der Waals surface area contributed by atoms with Crippen molar-refractivity contribution in [1.29, 1.82) is 0 Å². The molecule has 0 atom stereocenters. The van der Waals surface area contributed by atoms with Crippen molar-refractivity contribution >= 4 is 23.1 Å². The van der Waals surface area contributed by atoms with E-state index in [-0.39, 0.29) is 23.4 Å². The van der Waals surface area contributed by atoms with Crippen LogP contribution in [0.4, 0.5) is 15.8 Å². The predicted molar refractivity (Wildman–Crippen MR) is 132 cm³/mol. The summed E-state index contributed by atoms with van der Waals surface area (Å²) in [7, 11) is 1.61. The van der Waals surface area contributed by atoms with Crippen molar-refractivity contribution < 1.29 is 18.7 Å². The van der Waals surface area contributed by atoms with Crippen LogP contribution in [-0.2, 0) is 0 Å². The number of halogens is 1. The number of carbonyl (C=O) groups excluding carboxylic acids is 2. The lowest BCUT2D eigenvalue weighted by Gasteiger charge is -2.34. The van der Waals surface area contributed by atoms with Crippen LogP contribution >= 0.6 is 0 Å². The molecule has 0 N–H and O–H groups in total. The summed E-state index contributed by atoms with van der Waals surface area (Å²) in [6.07, 6.45) is 1.37. The molecule has 0 saturated carbocycles. The second kappa shape index (κ2) is 10.5. The first-order valence-corrected chi connectivity index (χ1v) is 11.6. The van der Waals surface area contributed by atoms with Gasteiger partial charge in [-0.15, -0.1) is 0 Å². The number of anilines is 2. The second-order valence-electron chi connectivity index (χ2n) is 8.40. The van der Waals surface area contributed by atoms with E-state index in [4.69, 9.17) is 4.74 Å². The molecule has 0 unspecified atom stereocenters. The summed E-state index contributed by atoms with van der Waals surface area (Å²) >= 11 is 0. The second-order valence-corrected chi connectivity index (χ2v) is 8.40. The number of nitrogens with zero attached hydrogens (tertiary/aromatic N) is 2. The molecule has 176 valence electrons. The van der Waals surface area contributed by atoms with Gasteiger partial charge in [0, 0.05) is 48.6 Å². The van der Waals surface area contributed by atoms with Crippen molar-refractivity contribution in [3.8, 4) is 5.75 Å². The van der Waals surface area contributed by atoms with Gasteiger partial charge in [-0.2, -0.15) is 0 Å². The van der Waals surface area contributed by atoms with E-state index in [1.54, 1.807) is 24.1 Å². The molecule has 0 bridgehead atoms. The Labute approximate surface area is 199 Å². The van der Waals surface area contributed by atoms with E-state index in [9.17, 15) is 14.0 Å². The number of para-hydroxylation sites is 1. The Balaban J connectivity index is 1.50. The molecule has 0 spiro atoms. The van der Waals surface area contributed by atoms with E-state index in [1.165, 1.54) is 12.1 Å². The lowest BCUT2D eigenvalue weighted by atomic mass is 9.88. The molecule has 0 aromatic heterocycles. The Bertz CT molecular complexity index is 1150. The highest BCUT2D eigenvalue weighted by Crippen LogP contribution is 2.30. The van der Waals surface area contributed by atoms with Crippen molar-refractivity contribution in [2.24, 2.45) is 5.92 Å². The topological polar surface area (TPSA) is 49.9 Å². The Morgan fingerprint density at radius 1 is 1.00 bits per heavy atom. The van der Waals surface area contributed by atoms with Gasteiger partial charge in [-0.1, -0.05) is 18.2 Å². The Morgan fingerprint density at radius 3 is 2.38 bits per heavy atom. The summed E-state index contributed by atoms with van der Waals surface area (Å²) in [6, 6.07) is 20.9. The first-order chi connectivity index (χ1) is 16.5. The van der Waals surface area contributed by atoms with Crippen molar-refractivity contribution in [1.82, 2.24) is 0 Å². The van der Waals surface area contributed by atoms with E-state index in [0.717, 1.165) is 11.4 Å². The highest BCUT2D eigenvalue weighted by Gasteiger charge is 2.28. The number of piperidine rings is 1. The zero-order valence-corrected chi connectivity index (χ0v) is 19.5. The van der Waals surface area contributed by atoms with E-state index in [2.05, 4.69) is 4.90 Å². The summed E-state index contributed by atoms with van der Waals surface area (Å²) in [6.45, 7) is 3.82. The monoisotopic (exact) mass is 460 g/mol. The summed E-state index contributed by atoms with van der Waals surface area (Å²) in [5, 5.41) is 0. The van der Waals surface area contributed by atoms with Crippen LogP contribution < -0.4 is 14.5 Å². The number of Topliss-reactive ketones (excluding diaryl/α,β-unsaturated/α-hetero) is 1. The summed E-state index contributed by atoms with van der Waals surface area (Å²) < 4.78 is 18.5. The van der Waals surface area contributed by atoms with Gasteiger partial charge < -0.3 is 14.5 Å². The van der Waals surface area contributed by atoms with Gasteiger partial charge in [-0.25, -0.2) is 4.39 Å². The molecule has 6 heteroatoms. The lowest BCUT2D eigenvalue weighted by Crippen LogP contribution is -2.38. The molecule has 1 amide bonds. The molecule has 5 nitrogen and oxygen atoms in total. The first kappa shape index (κ1) is 23.5. The fourth-order valence-electron chi connectivity index (χ4n) is 4.53. The van der Waals surface area contributed by atoms with Crippen molar-refractivity contribution in [2.45, 2.75) is 19.8 Å². The minimum atomic E-state index is -0.345. The summed E-state index contributed by atoms with van der Waals surface area (Å²) in [5.74, 6) is 0.233. The quantitative estimate of drug-likeness (QED) is 0.431. The van der Waals surface area contributed by atoms with Crippen molar-refractivity contribution in [2.75, 3.05) is 36.5 Å². The fraction of sp³-hybridized carbons (Fsp3) is 0.286. The third-order valence-electron chi connectivity index (χ3n) is 6.40. The zero-order valence-electron chi connectivity index (χ0n) is 19.5. The molecule has 1 saturated heterocycles. The van der Waals surface area contributed by atoms with Crippen LogP contribution in [0, 0.1) is 11.7 Å². The Kier molecular flexibility index (Phi) is 7.26. The molecular formula is C28H29FN2O3. The van der Waals surface area contributed by atoms with Crippen LogP contribution in [-0.4, -0.2) is 38.4 Å². The molecule has 0 radical (unpaired) electrons. The molecule has 1 aliphatic rings. The third kappa shape index (κ3) is 4.96. The molecule has 1 heterocycles. The molecular weight excluding hydrogens is 431 g/mol. The summed E-state index contributed by atoms with van der Waals surface area (Å²) in [4.78, 5) is 30.4. The van der Waals surface area contributed by atoms with Crippen LogP contribution in [0.3, 0.4) is 0 Å². The van der Waals surface area contributed by atoms with Crippen LogP contribution in [0.25, 0.3) is 0 Å². The van der Waals surface area contributed by atoms with Gasteiger partial charge in [-0.3, -0.25) is 9.59 Å². The number of ether oxygens (including phenoxy) is 1. The van der Waals surface area contributed by atoms with Crippen molar-refractivity contribution in [3.63, 3.8) is 0 Å². The third-order valence-corrected chi connectivity index (χ3v) is 6.40. The number of benzene rings is 3. The molecule has 0 aliphatic carbocycles. The fourth-order valence-corrected chi connectivity index (χ4v) is 4.53. The Morgan fingerprint density at radius 2 is 1.71 bits per heavy atom. The van der Waals surface area contributed by atoms with Gasteiger partial charge in [0.1, 0.15) is 11.6 Å². The van der Waals surface area contributed by atoms with Crippen LogP contribution in [0.1, 0.15) is 40.5 Å². The first-order valence-electron chi connectivity index (χ1n) is 11.6. The number of carbonyl (C=O) groups is 2. The average Bonchev–Trinajstić information content (AvgIpc) is 2.89. The van der Waals surface area contributed by atoms with Gasteiger partial charge in [0.05, 0.1) is 12.7 Å². The van der Waals surface area contributed by atoms with Gasteiger partial charge in [0.15, 0.2) is 5.78 Å². The SMILES string of the molecule is CCN(C(=O)c1ccccc1N1CCC(C(=O)c2ccc(F)cc2)CC1)c1cccc(OC)c1. The van der Waals surface area contributed by atoms with Crippen LogP contribution in [0.5, 0.6) is 5.75 Å². The maximum absolute atomic E-state index is 13.6. The summed E-state index contributed by atoms with van der Waals surface area (Å²) in [5.41, 5.74) is 2.84. The zero-order chi connectivity index (χ0) is 24.1. The van der Waals surface area contributed by atoms with E-state index in [0.29, 0.717) is 49.4 Å². The number of methoxy groups -OCH3 is 1. The number of hydrogen-bond donors (Lipinski definition) is 0. The highest BCUT2D eigenvalue weighted by molar-refractivity contribution is 6.09. The van der Waals surface area contributed by atoms with Gasteiger partial charge in [0.25, 0.3) is 5.91 Å². The maximum Gasteiger partial charge on any atom is 0.260 e. The smallest absolute Gasteiger partial charge is 0.260 e. The lowest BCUT2D eigenvalue weighted by molar-refractivity contribution is 0.0899. The molecule has 3 aromatic rings. The van der Waals surface area contributed by atoms with Crippen molar-refractivity contribution in [3.05, 3.63) is 89.7 Å². The Hall–Kier alpha value is -3.67. The molecule has 1 fully saturated rings. The maximum atomic E-state index is 13.6. The van der Waals surface area contributed by atoms with Gasteiger partial charge >= 0.3 is 0 Å². The van der Waals surface area contributed by atoms with E-state index >= 15 is 0 Å². The molecule has 3 aromatic carbocycles. The number of amides is 1. The largest absolute Gasteiger partial charge is 0.497 e. The van der Waals surface area contributed by atoms with E-state index < -0.39 is 0 Å². The number of hydrogen-bond acceptors (Lipinski definition) is 4. The molecule has 1 aliphatic heterocycles. The minimum absolute atomic E-state index is 0.0548. The van der Waals surface area contributed by atoms with Crippen LogP contribution in [0.2, 0.25) is 0 Å². The number of ketones is 1. The van der Waals surface area contributed by atoms with Gasteiger partial charge in [-0.05, 0) is 68.3 Å². The minimum Gasteiger partial charge on any atom is -0.497 e. The highest BCUT2D eigenvalue weighted by atomic mass is 19.1. The molecule has 4 rings (SSSR count).